The number of para-hydroxylation sites is 2. The van der Waals surface area contributed by atoms with Gasteiger partial charge < -0.3 is 10.3 Å². The van der Waals surface area contributed by atoms with Crippen molar-refractivity contribution in [2.24, 2.45) is 0 Å². The van der Waals surface area contributed by atoms with E-state index in [1.165, 1.54) is 0 Å². The molecule has 2 N–H and O–H groups in total. The fourth-order valence-corrected chi connectivity index (χ4v) is 1.40. The number of nitrogens with one attached hydrogen (secondary N) is 2. The highest BCUT2D eigenvalue weighted by atomic mass is 16.1. The van der Waals surface area contributed by atoms with Crippen LogP contribution in [0.4, 0.5) is 0 Å². The number of fused-ring (bicyclic) bond motifs is 1. The van der Waals surface area contributed by atoms with Crippen LogP contribution in [0.3, 0.4) is 0 Å². The van der Waals surface area contributed by atoms with Gasteiger partial charge in [-0.3, -0.25) is 4.79 Å². The number of aromatic nitrogens is 2. The highest BCUT2D eigenvalue weighted by Crippen LogP contribution is 2.09. The second-order valence-electron chi connectivity index (χ2n) is 3.66. The lowest BCUT2D eigenvalue weighted by Crippen LogP contribution is -2.23. The minimum absolute atomic E-state index is 0.152. The van der Waals surface area contributed by atoms with E-state index in [2.05, 4.69) is 21.9 Å². The van der Waals surface area contributed by atoms with Crippen molar-refractivity contribution in [2.75, 3.05) is 0 Å². The van der Waals surface area contributed by atoms with E-state index in [-0.39, 0.29) is 5.91 Å². The zero-order valence-electron chi connectivity index (χ0n) is 9.08. The molecule has 0 aliphatic heterocycles. The van der Waals surface area contributed by atoms with Crippen LogP contribution in [-0.2, 0) is 11.3 Å². The SMILES string of the molecule is C=C(C)C(=O)NCc1nc2ccccc2[nH]1. The van der Waals surface area contributed by atoms with Crippen molar-refractivity contribution in [2.45, 2.75) is 13.5 Å². The molecule has 1 heterocycles. The van der Waals surface area contributed by atoms with Crippen molar-refractivity contribution in [1.29, 1.82) is 0 Å². The van der Waals surface area contributed by atoms with Crippen LogP contribution in [0, 0.1) is 0 Å². The molecule has 0 saturated carbocycles. The first-order chi connectivity index (χ1) is 7.66. The largest absolute Gasteiger partial charge is 0.345 e. The molecule has 0 unspecified atom stereocenters. The van der Waals surface area contributed by atoms with Crippen LogP contribution in [0.1, 0.15) is 12.7 Å². The molecule has 16 heavy (non-hydrogen) atoms. The molecule has 82 valence electrons. The third-order valence-electron chi connectivity index (χ3n) is 2.24. The Bertz CT molecular complexity index is 509. The van der Waals surface area contributed by atoms with Crippen molar-refractivity contribution in [3.05, 3.63) is 42.2 Å². The molecule has 0 aliphatic rings. The van der Waals surface area contributed by atoms with E-state index >= 15 is 0 Å². The van der Waals surface area contributed by atoms with Gasteiger partial charge >= 0.3 is 0 Å². The third kappa shape index (κ3) is 2.11. The van der Waals surface area contributed by atoms with Crippen molar-refractivity contribution in [3.8, 4) is 0 Å². The van der Waals surface area contributed by atoms with Crippen LogP contribution >= 0.6 is 0 Å². The zero-order chi connectivity index (χ0) is 11.5. The van der Waals surface area contributed by atoms with Gasteiger partial charge in [0.15, 0.2) is 0 Å². The minimum atomic E-state index is -0.152. The molecule has 0 spiro atoms. The monoisotopic (exact) mass is 215 g/mol. The Hall–Kier alpha value is -2.10. The van der Waals surface area contributed by atoms with E-state index in [0.717, 1.165) is 16.9 Å². The fraction of sp³-hybridized carbons (Fsp3) is 0.167. The van der Waals surface area contributed by atoms with E-state index in [1.807, 2.05) is 24.3 Å². The molecule has 0 radical (unpaired) electrons. The number of rotatable bonds is 3. The maximum atomic E-state index is 11.3. The smallest absolute Gasteiger partial charge is 0.246 e. The van der Waals surface area contributed by atoms with Crippen LogP contribution < -0.4 is 5.32 Å². The van der Waals surface area contributed by atoms with Gasteiger partial charge in [0.05, 0.1) is 17.6 Å². The number of hydrogen-bond acceptors (Lipinski definition) is 2. The molecule has 0 atom stereocenters. The van der Waals surface area contributed by atoms with Gasteiger partial charge in [0.25, 0.3) is 0 Å². The number of nitrogens with zero attached hydrogens (tertiary/aromatic N) is 1. The van der Waals surface area contributed by atoms with Crippen LogP contribution in [0.5, 0.6) is 0 Å². The van der Waals surface area contributed by atoms with Gasteiger partial charge in [-0.25, -0.2) is 4.98 Å². The van der Waals surface area contributed by atoms with E-state index in [4.69, 9.17) is 0 Å². The molecule has 0 saturated heterocycles. The Morgan fingerprint density at radius 1 is 1.50 bits per heavy atom. The van der Waals surface area contributed by atoms with Gasteiger partial charge in [0.2, 0.25) is 5.91 Å². The summed E-state index contributed by atoms with van der Waals surface area (Å²) >= 11 is 0. The number of benzene rings is 1. The Labute approximate surface area is 93.4 Å². The normalized spacial score (nSPS) is 10.3. The van der Waals surface area contributed by atoms with E-state index < -0.39 is 0 Å². The number of carbonyl (C=O) groups is 1. The Balaban J connectivity index is 2.10. The van der Waals surface area contributed by atoms with Gasteiger partial charge in [-0.1, -0.05) is 18.7 Å². The average molecular weight is 215 g/mol. The van der Waals surface area contributed by atoms with E-state index in [9.17, 15) is 4.79 Å². The number of carbonyl (C=O) groups excluding carboxylic acids is 1. The van der Waals surface area contributed by atoms with E-state index in [0.29, 0.717) is 12.1 Å². The van der Waals surface area contributed by atoms with Crippen LogP contribution in [-0.4, -0.2) is 15.9 Å². The molecule has 0 bridgehead atoms. The highest BCUT2D eigenvalue weighted by Gasteiger charge is 2.04. The van der Waals surface area contributed by atoms with Crippen molar-refractivity contribution in [3.63, 3.8) is 0 Å². The molecule has 4 heteroatoms. The number of hydrogen-bond donors (Lipinski definition) is 2. The molecule has 1 amide bonds. The van der Waals surface area contributed by atoms with Crippen LogP contribution in [0.2, 0.25) is 0 Å². The Morgan fingerprint density at radius 2 is 2.25 bits per heavy atom. The maximum Gasteiger partial charge on any atom is 0.246 e. The average Bonchev–Trinajstić information content (AvgIpc) is 2.68. The number of imidazole rings is 1. The van der Waals surface area contributed by atoms with Gasteiger partial charge in [0, 0.05) is 5.57 Å². The summed E-state index contributed by atoms with van der Waals surface area (Å²) in [4.78, 5) is 18.8. The summed E-state index contributed by atoms with van der Waals surface area (Å²) < 4.78 is 0. The predicted molar refractivity (Wildman–Crippen MR) is 62.8 cm³/mol. The first kappa shape index (κ1) is 10.4. The molecular weight excluding hydrogens is 202 g/mol. The molecule has 4 nitrogen and oxygen atoms in total. The molecule has 2 aromatic rings. The summed E-state index contributed by atoms with van der Waals surface area (Å²) in [5.41, 5.74) is 2.38. The molecule has 0 fully saturated rings. The van der Waals surface area contributed by atoms with Gasteiger partial charge in [-0.2, -0.15) is 0 Å². The molecular formula is C12H13N3O. The summed E-state index contributed by atoms with van der Waals surface area (Å²) in [6, 6.07) is 7.75. The Kier molecular flexibility index (Phi) is 2.72. The molecule has 2 rings (SSSR count). The van der Waals surface area contributed by atoms with Gasteiger partial charge in [-0.15, -0.1) is 0 Å². The second kappa shape index (κ2) is 4.18. The summed E-state index contributed by atoms with van der Waals surface area (Å²) in [6.45, 7) is 5.63. The minimum Gasteiger partial charge on any atom is -0.345 e. The second-order valence-corrected chi connectivity index (χ2v) is 3.66. The summed E-state index contributed by atoms with van der Waals surface area (Å²) in [5, 5.41) is 2.73. The summed E-state index contributed by atoms with van der Waals surface area (Å²) in [7, 11) is 0. The third-order valence-corrected chi connectivity index (χ3v) is 2.24. The first-order valence-electron chi connectivity index (χ1n) is 5.04. The zero-order valence-corrected chi connectivity index (χ0v) is 9.08. The quantitative estimate of drug-likeness (QED) is 0.766. The standard InChI is InChI=1S/C12H13N3O/c1-8(2)12(16)13-7-11-14-9-5-3-4-6-10(9)15-11/h3-6H,1,7H2,2H3,(H,13,16)(H,14,15). The predicted octanol–water partition coefficient (Wildman–Crippen LogP) is 1.76. The fourth-order valence-electron chi connectivity index (χ4n) is 1.40. The van der Waals surface area contributed by atoms with Crippen molar-refractivity contribution in [1.82, 2.24) is 15.3 Å². The topological polar surface area (TPSA) is 57.8 Å². The lowest BCUT2D eigenvalue weighted by atomic mass is 10.3. The highest BCUT2D eigenvalue weighted by molar-refractivity contribution is 5.92. The number of amides is 1. The summed E-state index contributed by atoms with van der Waals surface area (Å²) in [6.07, 6.45) is 0. The van der Waals surface area contributed by atoms with Crippen LogP contribution in [0.25, 0.3) is 11.0 Å². The first-order valence-corrected chi connectivity index (χ1v) is 5.04. The molecule has 0 aliphatic carbocycles. The molecule has 1 aromatic carbocycles. The number of H-pyrrole nitrogens is 1. The Morgan fingerprint density at radius 3 is 2.94 bits per heavy atom. The lowest BCUT2D eigenvalue weighted by molar-refractivity contribution is -0.117. The van der Waals surface area contributed by atoms with Gasteiger partial charge in [-0.05, 0) is 19.1 Å². The summed E-state index contributed by atoms with van der Waals surface area (Å²) in [5.74, 6) is 0.594. The molecule has 1 aromatic heterocycles. The number of aromatic amines is 1. The van der Waals surface area contributed by atoms with Gasteiger partial charge in [0.1, 0.15) is 5.82 Å². The van der Waals surface area contributed by atoms with E-state index in [1.54, 1.807) is 6.92 Å². The maximum absolute atomic E-state index is 11.3. The lowest BCUT2D eigenvalue weighted by Gasteiger charge is -2.00. The van der Waals surface area contributed by atoms with Crippen LogP contribution in [0.15, 0.2) is 36.4 Å². The van der Waals surface area contributed by atoms with Crippen molar-refractivity contribution >= 4 is 16.9 Å². The van der Waals surface area contributed by atoms with Crippen molar-refractivity contribution < 1.29 is 4.79 Å².